The summed E-state index contributed by atoms with van der Waals surface area (Å²) in [6, 6.07) is 13.4. The molecule has 30 heavy (non-hydrogen) atoms. The number of carbonyl (C=O) groups is 1. The van der Waals surface area contributed by atoms with Gasteiger partial charge in [-0.15, -0.1) is 0 Å². The standard InChI is InChI=1S/C22H23FN4O3/c23-16-7-5-15(6-8-16)20(27-9-11-30-12-10-27)14-24-21(28)13-19-17-3-1-2-4-18(17)22(29)26-25-19/h1-8,20H,9-14H2,(H,24,28)(H,26,29). The number of H-pyrrole nitrogens is 1. The number of carbonyl (C=O) groups excluding carboxylic acids is 1. The van der Waals surface area contributed by atoms with E-state index in [1.807, 2.05) is 6.07 Å². The number of nitrogens with one attached hydrogen (secondary N) is 2. The Morgan fingerprint density at radius 3 is 2.57 bits per heavy atom. The maximum absolute atomic E-state index is 13.4. The molecule has 1 fully saturated rings. The lowest BCUT2D eigenvalue weighted by Crippen LogP contribution is -2.44. The maximum Gasteiger partial charge on any atom is 0.272 e. The van der Waals surface area contributed by atoms with Crippen molar-refractivity contribution in [2.24, 2.45) is 0 Å². The summed E-state index contributed by atoms with van der Waals surface area (Å²) in [7, 11) is 0. The van der Waals surface area contributed by atoms with Gasteiger partial charge in [0.05, 0.1) is 36.8 Å². The first-order valence-corrected chi connectivity index (χ1v) is 9.92. The van der Waals surface area contributed by atoms with Crippen molar-refractivity contribution in [1.82, 2.24) is 20.4 Å². The molecule has 1 aliphatic heterocycles. The molecule has 1 amide bonds. The van der Waals surface area contributed by atoms with E-state index in [2.05, 4.69) is 20.4 Å². The van der Waals surface area contributed by atoms with E-state index in [0.717, 1.165) is 18.7 Å². The van der Waals surface area contributed by atoms with Crippen molar-refractivity contribution in [2.75, 3.05) is 32.8 Å². The van der Waals surface area contributed by atoms with Crippen LogP contribution in [0.15, 0.2) is 53.3 Å². The van der Waals surface area contributed by atoms with Gasteiger partial charge in [-0.25, -0.2) is 9.49 Å². The number of morpholine rings is 1. The Bertz CT molecular complexity index is 1080. The summed E-state index contributed by atoms with van der Waals surface area (Å²) in [5.41, 5.74) is 1.18. The third-order valence-corrected chi connectivity index (χ3v) is 5.34. The van der Waals surface area contributed by atoms with Gasteiger partial charge in [-0.1, -0.05) is 30.3 Å². The fourth-order valence-corrected chi connectivity index (χ4v) is 3.76. The monoisotopic (exact) mass is 410 g/mol. The lowest BCUT2D eigenvalue weighted by Gasteiger charge is -2.35. The quantitative estimate of drug-likeness (QED) is 0.647. The Labute approximate surface area is 172 Å². The second-order valence-electron chi connectivity index (χ2n) is 7.24. The highest BCUT2D eigenvalue weighted by Gasteiger charge is 2.23. The van der Waals surface area contributed by atoms with Crippen LogP contribution in [0.25, 0.3) is 10.8 Å². The van der Waals surface area contributed by atoms with Crippen molar-refractivity contribution in [3.05, 3.63) is 76.0 Å². The van der Waals surface area contributed by atoms with Crippen LogP contribution in [0.4, 0.5) is 4.39 Å². The minimum absolute atomic E-state index is 0.0521. The number of halogens is 1. The van der Waals surface area contributed by atoms with E-state index in [9.17, 15) is 14.0 Å². The van der Waals surface area contributed by atoms with E-state index < -0.39 is 0 Å². The first kappa shape index (κ1) is 20.2. The zero-order valence-corrected chi connectivity index (χ0v) is 16.4. The molecular weight excluding hydrogens is 387 g/mol. The highest BCUT2D eigenvalue weighted by atomic mass is 19.1. The highest BCUT2D eigenvalue weighted by molar-refractivity contribution is 5.88. The number of rotatable bonds is 6. The van der Waals surface area contributed by atoms with Gasteiger partial charge in [0.2, 0.25) is 5.91 Å². The third kappa shape index (κ3) is 4.55. The number of fused-ring (bicyclic) bond motifs is 1. The molecule has 0 bridgehead atoms. The van der Waals surface area contributed by atoms with Crippen LogP contribution in [0.2, 0.25) is 0 Å². The number of aromatic nitrogens is 2. The van der Waals surface area contributed by atoms with Gasteiger partial charge in [-0.05, 0) is 23.8 Å². The van der Waals surface area contributed by atoms with Crippen molar-refractivity contribution in [1.29, 1.82) is 0 Å². The predicted octanol–water partition coefficient (Wildman–Crippen LogP) is 1.79. The number of aromatic amines is 1. The van der Waals surface area contributed by atoms with Crippen molar-refractivity contribution in [3.8, 4) is 0 Å². The molecule has 2 aromatic carbocycles. The fraction of sp³-hybridized carbons (Fsp3) is 0.318. The molecule has 7 nitrogen and oxygen atoms in total. The molecule has 2 heterocycles. The number of ether oxygens (including phenoxy) is 1. The van der Waals surface area contributed by atoms with E-state index in [1.54, 1.807) is 30.3 Å². The van der Waals surface area contributed by atoms with Gasteiger partial charge in [-0.2, -0.15) is 5.10 Å². The summed E-state index contributed by atoms with van der Waals surface area (Å²) in [4.78, 5) is 26.8. The van der Waals surface area contributed by atoms with Crippen LogP contribution in [0.5, 0.6) is 0 Å². The second kappa shape index (κ2) is 9.15. The molecule has 2 N–H and O–H groups in total. The zero-order chi connectivity index (χ0) is 20.9. The van der Waals surface area contributed by atoms with Crippen LogP contribution in [0.3, 0.4) is 0 Å². The Hall–Kier alpha value is -3.10. The summed E-state index contributed by atoms with van der Waals surface area (Å²) in [5, 5.41) is 10.7. The molecule has 0 aliphatic carbocycles. The van der Waals surface area contributed by atoms with Crippen LogP contribution >= 0.6 is 0 Å². The maximum atomic E-state index is 13.4. The molecule has 1 atom stereocenters. The van der Waals surface area contributed by atoms with Crippen molar-refractivity contribution < 1.29 is 13.9 Å². The number of amides is 1. The molecule has 3 aromatic rings. The Balaban J connectivity index is 1.48. The minimum atomic E-state index is -0.292. The zero-order valence-electron chi connectivity index (χ0n) is 16.4. The molecule has 1 unspecified atom stereocenters. The van der Waals surface area contributed by atoms with E-state index >= 15 is 0 Å². The average Bonchev–Trinajstić information content (AvgIpc) is 2.78. The first-order chi connectivity index (χ1) is 14.6. The summed E-state index contributed by atoms with van der Waals surface area (Å²) in [6.07, 6.45) is 0.0521. The van der Waals surface area contributed by atoms with Gasteiger partial charge in [0, 0.05) is 25.0 Å². The van der Waals surface area contributed by atoms with Gasteiger partial charge in [-0.3, -0.25) is 14.5 Å². The van der Waals surface area contributed by atoms with Crippen molar-refractivity contribution in [2.45, 2.75) is 12.5 Å². The molecule has 0 radical (unpaired) electrons. The number of hydrogen-bond donors (Lipinski definition) is 2. The van der Waals surface area contributed by atoms with E-state index in [4.69, 9.17) is 4.74 Å². The number of nitrogens with zero attached hydrogens (tertiary/aromatic N) is 2. The summed E-state index contributed by atoms with van der Waals surface area (Å²) in [6.45, 7) is 3.11. The van der Waals surface area contributed by atoms with Gasteiger partial charge in [0.15, 0.2) is 0 Å². The molecular formula is C22H23FN4O3. The van der Waals surface area contributed by atoms with Gasteiger partial charge >= 0.3 is 0 Å². The van der Waals surface area contributed by atoms with Gasteiger partial charge in [0.25, 0.3) is 5.56 Å². The summed E-state index contributed by atoms with van der Waals surface area (Å²) >= 11 is 0. The van der Waals surface area contributed by atoms with Gasteiger partial charge < -0.3 is 10.1 Å². The van der Waals surface area contributed by atoms with Crippen LogP contribution in [-0.2, 0) is 16.0 Å². The Kier molecular flexibility index (Phi) is 6.15. The second-order valence-corrected chi connectivity index (χ2v) is 7.24. The van der Waals surface area contributed by atoms with Crippen molar-refractivity contribution >= 4 is 16.7 Å². The molecule has 156 valence electrons. The first-order valence-electron chi connectivity index (χ1n) is 9.92. The number of hydrogen-bond acceptors (Lipinski definition) is 5. The lowest BCUT2D eigenvalue weighted by atomic mass is 10.0. The van der Waals surface area contributed by atoms with E-state index in [0.29, 0.717) is 36.2 Å². The molecule has 0 saturated carbocycles. The third-order valence-electron chi connectivity index (χ3n) is 5.34. The van der Waals surface area contributed by atoms with Crippen LogP contribution < -0.4 is 10.9 Å². The normalized spacial score (nSPS) is 15.8. The Morgan fingerprint density at radius 2 is 1.83 bits per heavy atom. The molecule has 1 aliphatic rings. The fourth-order valence-electron chi connectivity index (χ4n) is 3.76. The smallest absolute Gasteiger partial charge is 0.272 e. The average molecular weight is 410 g/mol. The largest absolute Gasteiger partial charge is 0.379 e. The molecule has 8 heteroatoms. The van der Waals surface area contributed by atoms with E-state index in [1.165, 1.54) is 12.1 Å². The molecule has 4 rings (SSSR count). The van der Waals surface area contributed by atoms with Crippen LogP contribution in [0.1, 0.15) is 17.3 Å². The van der Waals surface area contributed by atoms with E-state index in [-0.39, 0.29) is 29.7 Å². The molecule has 1 aromatic heterocycles. The van der Waals surface area contributed by atoms with Crippen molar-refractivity contribution in [3.63, 3.8) is 0 Å². The Morgan fingerprint density at radius 1 is 1.13 bits per heavy atom. The predicted molar refractivity (Wildman–Crippen MR) is 111 cm³/mol. The lowest BCUT2D eigenvalue weighted by molar-refractivity contribution is -0.120. The summed E-state index contributed by atoms with van der Waals surface area (Å²) in [5.74, 6) is -0.486. The van der Waals surface area contributed by atoms with Gasteiger partial charge in [0.1, 0.15) is 5.82 Å². The SMILES string of the molecule is O=C(Cc1n[nH]c(=O)c2ccccc12)NCC(c1ccc(F)cc1)N1CCOCC1. The van der Waals surface area contributed by atoms with Crippen LogP contribution in [-0.4, -0.2) is 53.9 Å². The molecule has 0 spiro atoms. The highest BCUT2D eigenvalue weighted by Crippen LogP contribution is 2.22. The molecule has 1 saturated heterocycles. The number of benzene rings is 2. The topological polar surface area (TPSA) is 87.3 Å². The minimum Gasteiger partial charge on any atom is -0.379 e. The van der Waals surface area contributed by atoms with Crippen LogP contribution in [0, 0.1) is 5.82 Å². The summed E-state index contributed by atoms with van der Waals surface area (Å²) < 4.78 is 18.8.